The molecule has 0 radical (unpaired) electrons. The van der Waals surface area contributed by atoms with Gasteiger partial charge in [-0.05, 0) is 32.2 Å². The molecule has 0 aliphatic carbocycles. The fourth-order valence-corrected chi connectivity index (χ4v) is 2.48. The van der Waals surface area contributed by atoms with Gasteiger partial charge in [-0.25, -0.2) is 0 Å². The van der Waals surface area contributed by atoms with Crippen LogP contribution in [0.3, 0.4) is 0 Å². The first-order valence-electron chi connectivity index (χ1n) is 5.18. The van der Waals surface area contributed by atoms with E-state index in [1.54, 1.807) is 0 Å². The van der Waals surface area contributed by atoms with Crippen molar-refractivity contribution >= 4 is 0 Å². The van der Waals surface area contributed by atoms with Crippen LogP contribution in [-0.2, 0) is 0 Å². The minimum Gasteiger partial charge on any atom is -0.312 e. The first-order valence-corrected chi connectivity index (χ1v) is 5.18. The van der Waals surface area contributed by atoms with E-state index in [0.29, 0.717) is 6.04 Å². The monoisotopic (exact) mass is 179 g/mol. The molecule has 2 fully saturated rings. The summed E-state index contributed by atoms with van der Waals surface area (Å²) in [4.78, 5) is 2.30. The van der Waals surface area contributed by atoms with Gasteiger partial charge >= 0.3 is 0 Å². The maximum absolute atomic E-state index is 8.82. The molecule has 0 saturated carbocycles. The molecule has 2 aliphatic rings. The number of hydrogen-bond donors (Lipinski definition) is 1. The Morgan fingerprint density at radius 1 is 1.54 bits per heavy atom. The molecule has 0 aromatic carbocycles. The molecule has 0 aromatic rings. The molecule has 2 heterocycles. The molecule has 1 unspecified atom stereocenters. The molecule has 72 valence electrons. The van der Waals surface area contributed by atoms with Crippen LogP contribution in [0.4, 0.5) is 0 Å². The van der Waals surface area contributed by atoms with Crippen LogP contribution in [0, 0.1) is 17.2 Å². The van der Waals surface area contributed by atoms with Crippen molar-refractivity contribution in [2.45, 2.75) is 31.8 Å². The molecule has 3 nitrogen and oxygen atoms in total. The SMILES string of the molecule is CC(C#N)N1C[C@@H]2CCCN[C@@H]2C1. The molecule has 0 bridgehead atoms. The number of likely N-dealkylation sites (tertiary alicyclic amines) is 1. The Bertz CT molecular complexity index is 207. The minimum absolute atomic E-state index is 0.0902. The van der Waals surface area contributed by atoms with E-state index in [1.165, 1.54) is 12.8 Å². The summed E-state index contributed by atoms with van der Waals surface area (Å²) in [5.41, 5.74) is 0. The average Bonchev–Trinajstić information content (AvgIpc) is 2.59. The van der Waals surface area contributed by atoms with E-state index in [0.717, 1.165) is 25.6 Å². The lowest BCUT2D eigenvalue weighted by atomic mass is 9.94. The number of rotatable bonds is 1. The van der Waals surface area contributed by atoms with Crippen LogP contribution >= 0.6 is 0 Å². The van der Waals surface area contributed by atoms with Crippen LogP contribution in [0.15, 0.2) is 0 Å². The molecule has 1 N–H and O–H groups in total. The van der Waals surface area contributed by atoms with Gasteiger partial charge in [0, 0.05) is 19.1 Å². The van der Waals surface area contributed by atoms with E-state index in [4.69, 9.17) is 5.26 Å². The van der Waals surface area contributed by atoms with Gasteiger partial charge in [-0.1, -0.05) is 0 Å². The molecule has 2 rings (SSSR count). The lowest BCUT2D eigenvalue weighted by Crippen LogP contribution is -2.41. The van der Waals surface area contributed by atoms with E-state index >= 15 is 0 Å². The molecular formula is C10H17N3. The summed E-state index contributed by atoms with van der Waals surface area (Å²) in [7, 11) is 0. The molecule has 0 spiro atoms. The topological polar surface area (TPSA) is 39.1 Å². The number of fused-ring (bicyclic) bond motifs is 1. The molecular weight excluding hydrogens is 162 g/mol. The summed E-state index contributed by atoms with van der Waals surface area (Å²) in [6, 6.07) is 3.06. The molecule has 0 amide bonds. The van der Waals surface area contributed by atoms with Crippen molar-refractivity contribution in [1.82, 2.24) is 10.2 Å². The zero-order valence-corrected chi connectivity index (χ0v) is 8.16. The first kappa shape index (κ1) is 8.98. The molecule has 0 aromatic heterocycles. The van der Waals surface area contributed by atoms with Gasteiger partial charge in [-0.3, -0.25) is 4.90 Å². The molecule has 3 heteroatoms. The third kappa shape index (κ3) is 1.70. The maximum Gasteiger partial charge on any atom is 0.0950 e. The van der Waals surface area contributed by atoms with Gasteiger partial charge in [0.2, 0.25) is 0 Å². The number of hydrogen-bond acceptors (Lipinski definition) is 3. The lowest BCUT2D eigenvalue weighted by Gasteiger charge is -2.24. The van der Waals surface area contributed by atoms with Gasteiger partial charge in [-0.15, -0.1) is 0 Å². The van der Waals surface area contributed by atoms with Crippen molar-refractivity contribution in [3.63, 3.8) is 0 Å². The van der Waals surface area contributed by atoms with Crippen LogP contribution in [0.25, 0.3) is 0 Å². The lowest BCUT2D eigenvalue weighted by molar-refractivity contribution is 0.290. The number of nitrogens with one attached hydrogen (secondary N) is 1. The van der Waals surface area contributed by atoms with Gasteiger partial charge < -0.3 is 5.32 Å². The first-order chi connectivity index (χ1) is 6.31. The van der Waals surface area contributed by atoms with Crippen molar-refractivity contribution in [3.8, 4) is 6.07 Å². The Morgan fingerprint density at radius 3 is 3.08 bits per heavy atom. The summed E-state index contributed by atoms with van der Waals surface area (Å²) < 4.78 is 0. The second-order valence-corrected chi connectivity index (χ2v) is 4.22. The predicted octanol–water partition coefficient (Wildman–Crippen LogP) is 0.582. The van der Waals surface area contributed by atoms with Gasteiger partial charge in [0.25, 0.3) is 0 Å². The zero-order chi connectivity index (χ0) is 9.26. The quantitative estimate of drug-likeness (QED) is 0.640. The summed E-state index contributed by atoms with van der Waals surface area (Å²) in [5.74, 6) is 0.796. The highest BCUT2D eigenvalue weighted by Crippen LogP contribution is 2.25. The van der Waals surface area contributed by atoms with Gasteiger partial charge in [0.05, 0.1) is 12.1 Å². The Kier molecular flexibility index (Phi) is 2.52. The molecule has 2 aliphatic heterocycles. The highest BCUT2D eigenvalue weighted by atomic mass is 15.2. The van der Waals surface area contributed by atoms with Gasteiger partial charge in [-0.2, -0.15) is 5.26 Å². The standard InChI is InChI=1S/C10H17N3/c1-8(5-11)13-6-9-3-2-4-12-10(9)7-13/h8-10,12H,2-4,6-7H2,1H3/t8?,9-,10+/m0/s1. The normalized spacial score (nSPS) is 36.6. The van der Waals surface area contributed by atoms with Gasteiger partial charge in [0.15, 0.2) is 0 Å². The summed E-state index contributed by atoms with van der Waals surface area (Å²) in [6.45, 7) is 5.35. The van der Waals surface area contributed by atoms with Crippen molar-refractivity contribution < 1.29 is 0 Å². The summed E-state index contributed by atoms with van der Waals surface area (Å²) in [5, 5.41) is 12.4. The Hall–Kier alpha value is -0.590. The van der Waals surface area contributed by atoms with E-state index in [2.05, 4.69) is 16.3 Å². The fourth-order valence-electron chi connectivity index (χ4n) is 2.48. The van der Waals surface area contributed by atoms with Crippen molar-refractivity contribution in [2.24, 2.45) is 5.92 Å². The van der Waals surface area contributed by atoms with E-state index in [-0.39, 0.29) is 6.04 Å². The summed E-state index contributed by atoms with van der Waals surface area (Å²) in [6.07, 6.45) is 2.64. The van der Waals surface area contributed by atoms with E-state index < -0.39 is 0 Å². The molecule has 2 saturated heterocycles. The number of nitriles is 1. The van der Waals surface area contributed by atoms with E-state index in [9.17, 15) is 0 Å². The number of piperidine rings is 1. The van der Waals surface area contributed by atoms with Gasteiger partial charge in [0.1, 0.15) is 0 Å². The van der Waals surface area contributed by atoms with Crippen molar-refractivity contribution in [2.75, 3.05) is 19.6 Å². The van der Waals surface area contributed by atoms with Crippen molar-refractivity contribution in [1.29, 1.82) is 5.26 Å². The third-order valence-electron chi connectivity index (χ3n) is 3.36. The number of nitrogens with zero attached hydrogens (tertiary/aromatic N) is 2. The Balaban J connectivity index is 1.95. The largest absolute Gasteiger partial charge is 0.312 e. The second kappa shape index (κ2) is 3.65. The second-order valence-electron chi connectivity index (χ2n) is 4.22. The predicted molar refractivity (Wildman–Crippen MR) is 51.2 cm³/mol. The highest BCUT2D eigenvalue weighted by molar-refractivity contribution is 4.98. The van der Waals surface area contributed by atoms with Crippen LogP contribution in [0.1, 0.15) is 19.8 Å². The summed E-state index contributed by atoms with van der Waals surface area (Å²) >= 11 is 0. The van der Waals surface area contributed by atoms with Crippen molar-refractivity contribution in [3.05, 3.63) is 0 Å². The fraction of sp³-hybridized carbons (Fsp3) is 0.900. The average molecular weight is 179 g/mol. The Morgan fingerprint density at radius 2 is 2.38 bits per heavy atom. The minimum atomic E-state index is 0.0902. The third-order valence-corrected chi connectivity index (χ3v) is 3.36. The molecule has 3 atom stereocenters. The van der Waals surface area contributed by atoms with Crippen LogP contribution in [-0.4, -0.2) is 36.6 Å². The van der Waals surface area contributed by atoms with E-state index in [1.807, 2.05) is 6.92 Å². The smallest absolute Gasteiger partial charge is 0.0950 e. The Labute approximate surface area is 79.7 Å². The van der Waals surface area contributed by atoms with Crippen LogP contribution < -0.4 is 5.32 Å². The van der Waals surface area contributed by atoms with Crippen LogP contribution in [0.2, 0.25) is 0 Å². The zero-order valence-electron chi connectivity index (χ0n) is 8.16. The maximum atomic E-state index is 8.82. The molecule has 13 heavy (non-hydrogen) atoms. The van der Waals surface area contributed by atoms with Crippen LogP contribution in [0.5, 0.6) is 0 Å². The highest BCUT2D eigenvalue weighted by Gasteiger charge is 2.35.